The zero-order valence-electron chi connectivity index (χ0n) is 15.1. The van der Waals surface area contributed by atoms with Gasteiger partial charge in [-0.25, -0.2) is 13.8 Å². The normalized spacial score (nSPS) is 14.0. The second-order valence-corrected chi connectivity index (χ2v) is 6.35. The van der Waals surface area contributed by atoms with Gasteiger partial charge >= 0.3 is 0 Å². The quantitative estimate of drug-likeness (QED) is 0.720. The topological polar surface area (TPSA) is 58.9 Å². The van der Waals surface area contributed by atoms with Gasteiger partial charge in [0.2, 0.25) is 0 Å². The molecule has 3 aromatic rings. The fourth-order valence-electron chi connectivity index (χ4n) is 3.18. The lowest BCUT2D eigenvalue weighted by atomic mass is 10.3. The van der Waals surface area contributed by atoms with Crippen LogP contribution < -0.4 is 5.32 Å². The molecular weight excluding hydrogens is 390 g/mol. The Hall–Kier alpha value is -2.71. The number of halogens is 3. The van der Waals surface area contributed by atoms with Crippen LogP contribution in [-0.4, -0.2) is 46.5 Å². The number of morpholine rings is 1. The maximum Gasteiger partial charge on any atom is 0.272 e. The Balaban J connectivity index is 0.00000225. The van der Waals surface area contributed by atoms with Crippen molar-refractivity contribution in [2.45, 2.75) is 6.92 Å². The Kier molecular flexibility index (Phi) is 5.81. The molecule has 148 valence electrons. The Bertz CT molecular complexity index is 1020. The van der Waals surface area contributed by atoms with Gasteiger partial charge in [0.1, 0.15) is 5.69 Å². The van der Waals surface area contributed by atoms with E-state index in [1.165, 1.54) is 12.3 Å². The van der Waals surface area contributed by atoms with Crippen LogP contribution in [-0.2, 0) is 4.74 Å². The maximum absolute atomic E-state index is 13.5. The summed E-state index contributed by atoms with van der Waals surface area (Å²) in [4.78, 5) is 19.0. The molecule has 1 aliphatic rings. The number of nitrogens with one attached hydrogen (secondary N) is 1. The number of hydrogen-bond donors (Lipinski definition) is 1. The number of nitrogens with zero attached hydrogens (tertiary/aromatic N) is 3. The SMILES string of the molecule is Cc1ccc2c(Nc3ccc(F)c(F)c3)ncc(C(=O)N3CCOCC3)n12.Cl. The van der Waals surface area contributed by atoms with Crippen LogP contribution in [0.15, 0.2) is 36.5 Å². The van der Waals surface area contributed by atoms with Crippen LogP contribution >= 0.6 is 12.4 Å². The Labute approximate surface area is 166 Å². The molecule has 6 nitrogen and oxygen atoms in total. The van der Waals surface area contributed by atoms with Gasteiger partial charge in [0, 0.05) is 30.5 Å². The van der Waals surface area contributed by atoms with E-state index in [2.05, 4.69) is 10.3 Å². The van der Waals surface area contributed by atoms with Gasteiger partial charge in [-0.05, 0) is 31.2 Å². The molecule has 0 saturated carbocycles. The highest BCUT2D eigenvalue weighted by atomic mass is 35.5. The number of benzene rings is 1. The Morgan fingerprint density at radius 1 is 1.14 bits per heavy atom. The number of aromatic nitrogens is 2. The summed E-state index contributed by atoms with van der Waals surface area (Å²) in [6, 6.07) is 7.26. The third-order valence-electron chi connectivity index (χ3n) is 4.58. The van der Waals surface area contributed by atoms with Gasteiger partial charge in [0.15, 0.2) is 17.5 Å². The molecule has 1 aromatic carbocycles. The van der Waals surface area contributed by atoms with Crippen molar-refractivity contribution in [3.05, 3.63) is 59.6 Å². The van der Waals surface area contributed by atoms with Crippen LogP contribution in [0.1, 0.15) is 16.2 Å². The Morgan fingerprint density at radius 3 is 2.61 bits per heavy atom. The largest absolute Gasteiger partial charge is 0.378 e. The molecule has 3 heterocycles. The molecule has 0 unspecified atom stereocenters. The second-order valence-electron chi connectivity index (χ2n) is 6.35. The fraction of sp³-hybridized carbons (Fsp3) is 0.263. The number of hydrogen-bond acceptors (Lipinski definition) is 4. The summed E-state index contributed by atoms with van der Waals surface area (Å²) < 4.78 is 33.7. The molecule has 0 radical (unpaired) electrons. The number of anilines is 2. The molecule has 1 amide bonds. The van der Waals surface area contributed by atoms with Gasteiger partial charge in [-0.15, -0.1) is 12.4 Å². The number of ether oxygens (including phenoxy) is 1. The summed E-state index contributed by atoms with van der Waals surface area (Å²) in [5.74, 6) is -1.52. The fourth-order valence-corrected chi connectivity index (χ4v) is 3.18. The van der Waals surface area contributed by atoms with E-state index in [-0.39, 0.29) is 18.3 Å². The monoisotopic (exact) mass is 408 g/mol. The van der Waals surface area contributed by atoms with Crippen LogP contribution in [0.2, 0.25) is 0 Å². The van der Waals surface area contributed by atoms with Crippen LogP contribution in [0.5, 0.6) is 0 Å². The molecule has 0 spiro atoms. The van der Waals surface area contributed by atoms with Crippen molar-refractivity contribution in [1.82, 2.24) is 14.3 Å². The number of carbonyl (C=O) groups excluding carboxylic acids is 1. The minimum atomic E-state index is -0.943. The standard InChI is InChI=1S/C19H18F2N4O2.ClH/c1-12-2-5-16-18(23-13-3-4-14(20)15(21)10-13)22-11-17(25(12)16)19(26)24-6-8-27-9-7-24;/h2-5,10-11H,6-9H2,1H3,(H,22,23);1H. The highest BCUT2D eigenvalue weighted by Crippen LogP contribution is 2.25. The van der Waals surface area contributed by atoms with Crippen LogP contribution in [0.4, 0.5) is 20.3 Å². The zero-order chi connectivity index (χ0) is 19.0. The summed E-state index contributed by atoms with van der Waals surface area (Å²) in [5, 5.41) is 2.99. The summed E-state index contributed by atoms with van der Waals surface area (Å²) in [7, 11) is 0. The predicted molar refractivity (Wildman–Crippen MR) is 104 cm³/mol. The van der Waals surface area contributed by atoms with E-state index in [9.17, 15) is 13.6 Å². The van der Waals surface area contributed by atoms with E-state index in [0.717, 1.165) is 17.8 Å². The van der Waals surface area contributed by atoms with E-state index in [1.54, 1.807) is 4.90 Å². The molecule has 9 heteroatoms. The summed E-state index contributed by atoms with van der Waals surface area (Å²) >= 11 is 0. The van der Waals surface area contributed by atoms with Crippen LogP contribution in [0.25, 0.3) is 5.52 Å². The van der Waals surface area contributed by atoms with Crippen molar-refractivity contribution in [2.75, 3.05) is 31.6 Å². The van der Waals surface area contributed by atoms with Gasteiger partial charge < -0.3 is 19.4 Å². The lowest BCUT2D eigenvalue weighted by Gasteiger charge is -2.27. The molecule has 0 bridgehead atoms. The minimum Gasteiger partial charge on any atom is -0.378 e. The first kappa shape index (κ1) is 20.0. The van der Waals surface area contributed by atoms with E-state index in [4.69, 9.17) is 4.74 Å². The average Bonchev–Trinajstić information content (AvgIpc) is 3.08. The van der Waals surface area contributed by atoms with Crippen LogP contribution in [0.3, 0.4) is 0 Å². The predicted octanol–water partition coefficient (Wildman–Crippen LogP) is 3.56. The molecule has 1 fully saturated rings. The smallest absolute Gasteiger partial charge is 0.272 e. The summed E-state index contributed by atoms with van der Waals surface area (Å²) in [6.45, 7) is 4.00. The molecule has 1 N–H and O–H groups in total. The molecule has 2 aromatic heterocycles. The summed E-state index contributed by atoms with van der Waals surface area (Å²) in [5.41, 5.74) is 2.37. The van der Waals surface area contributed by atoms with Crippen LogP contribution in [0, 0.1) is 18.6 Å². The zero-order valence-corrected chi connectivity index (χ0v) is 15.9. The van der Waals surface area contributed by atoms with Gasteiger partial charge in [0.25, 0.3) is 5.91 Å². The van der Waals surface area contributed by atoms with Gasteiger partial charge in [0.05, 0.1) is 24.9 Å². The molecule has 4 rings (SSSR count). The minimum absolute atomic E-state index is 0. The number of carbonyl (C=O) groups is 1. The highest BCUT2D eigenvalue weighted by Gasteiger charge is 2.22. The first-order valence-electron chi connectivity index (χ1n) is 8.61. The van der Waals surface area contributed by atoms with Crippen molar-refractivity contribution in [3.63, 3.8) is 0 Å². The number of amides is 1. The second kappa shape index (κ2) is 8.12. The lowest BCUT2D eigenvalue weighted by Crippen LogP contribution is -2.41. The molecule has 0 atom stereocenters. The van der Waals surface area contributed by atoms with Gasteiger partial charge in [-0.1, -0.05) is 0 Å². The van der Waals surface area contributed by atoms with Gasteiger partial charge in [-0.3, -0.25) is 4.79 Å². The summed E-state index contributed by atoms with van der Waals surface area (Å²) in [6.07, 6.45) is 1.50. The van der Waals surface area contributed by atoms with E-state index in [1.807, 2.05) is 23.5 Å². The number of fused-ring (bicyclic) bond motifs is 1. The molecule has 1 aliphatic heterocycles. The lowest BCUT2D eigenvalue weighted by molar-refractivity contribution is 0.0297. The molecule has 28 heavy (non-hydrogen) atoms. The van der Waals surface area contributed by atoms with E-state index < -0.39 is 11.6 Å². The highest BCUT2D eigenvalue weighted by molar-refractivity contribution is 5.94. The first-order valence-corrected chi connectivity index (χ1v) is 8.61. The number of aryl methyl sites for hydroxylation is 1. The molecule has 0 aliphatic carbocycles. The number of rotatable bonds is 3. The first-order chi connectivity index (χ1) is 13.0. The van der Waals surface area contributed by atoms with Crippen molar-refractivity contribution >= 4 is 35.3 Å². The van der Waals surface area contributed by atoms with Crippen molar-refractivity contribution in [2.24, 2.45) is 0 Å². The third kappa shape index (κ3) is 3.65. The Morgan fingerprint density at radius 2 is 1.89 bits per heavy atom. The van der Waals surface area contributed by atoms with E-state index >= 15 is 0 Å². The van der Waals surface area contributed by atoms with Gasteiger partial charge in [-0.2, -0.15) is 0 Å². The van der Waals surface area contributed by atoms with Crippen molar-refractivity contribution in [3.8, 4) is 0 Å². The third-order valence-corrected chi connectivity index (χ3v) is 4.58. The molecular formula is C19H19ClF2N4O2. The average molecular weight is 409 g/mol. The van der Waals surface area contributed by atoms with Crippen molar-refractivity contribution in [1.29, 1.82) is 0 Å². The maximum atomic E-state index is 13.5. The van der Waals surface area contributed by atoms with Crippen molar-refractivity contribution < 1.29 is 18.3 Å². The van der Waals surface area contributed by atoms with E-state index in [0.29, 0.717) is 49.0 Å². The molecule has 1 saturated heterocycles.